The van der Waals surface area contributed by atoms with Crippen molar-refractivity contribution in [3.63, 3.8) is 0 Å². The number of nitrogens with zero attached hydrogens (tertiary/aromatic N) is 4. The molecule has 0 fully saturated rings. The van der Waals surface area contributed by atoms with Gasteiger partial charge in [0.05, 0.1) is 44.2 Å². The van der Waals surface area contributed by atoms with E-state index in [-0.39, 0.29) is 5.92 Å². The van der Waals surface area contributed by atoms with Crippen molar-refractivity contribution < 1.29 is 0 Å². The van der Waals surface area contributed by atoms with Gasteiger partial charge in [0.1, 0.15) is 0 Å². The first-order valence-corrected chi connectivity index (χ1v) is 35.4. The van der Waals surface area contributed by atoms with Crippen molar-refractivity contribution >= 4 is 141 Å². The second kappa shape index (κ2) is 20.9. The minimum Gasteiger partial charge on any atom is -0.329 e. The van der Waals surface area contributed by atoms with Gasteiger partial charge in [-0.05, 0) is 210 Å². The maximum Gasteiger partial charge on any atom is 0.0784 e. The van der Waals surface area contributed by atoms with E-state index in [9.17, 15) is 0 Å². The van der Waals surface area contributed by atoms with Crippen LogP contribution in [0.4, 0.5) is 0 Å². The summed E-state index contributed by atoms with van der Waals surface area (Å²) < 4.78 is 10.3. The third-order valence-corrected chi connectivity index (χ3v) is 23.3. The van der Waals surface area contributed by atoms with Gasteiger partial charge in [0.25, 0.3) is 0 Å². The maximum atomic E-state index is 2.73. The van der Waals surface area contributed by atoms with Crippen LogP contribution in [0.15, 0.2) is 328 Å². The summed E-state index contributed by atoms with van der Waals surface area (Å²) in [4.78, 5) is 0. The molecule has 472 valence electrons. The van der Waals surface area contributed by atoms with Gasteiger partial charge < -0.3 is 18.3 Å². The maximum absolute atomic E-state index is 2.73. The van der Waals surface area contributed by atoms with E-state index in [1.165, 1.54) is 192 Å². The fourth-order valence-corrected chi connectivity index (χ4v) is 18.9. The smallest absolute Gasteiger partial charge is 0.0784 e. The lowest BCUT2D eigenvalue weighted by Crippen LogP contribution is -2.39. The SMILES string of the molecule is Cc1cc(C2=CC(c3ccccc3)C(C)(n3c4ccccc4c4c5c6ccccc6n(-c6ccc7c(c6)-c6cccc8cccc-7c68)c5ccc43)C(c3ccccc3)=C2)c(C)c2cc(-n3c4ccccc4c4c3ccc3c5ccccc5n(-c5ccc6c(ccc7ccccc76)c5)c34)ccc12. The van der Waals surface area contributed by atoms with E-state index < -0.39 is 5.54 Å². The molecule has 2 aliphatic carbocycles. The number of aryl methyl sites for hydroxylation is 2. The summed E-state index contributed by atoms with van der Waals surface area (Å²) >= 11 is 0. The van der Waals surface area contributed by atoms with Gasteiger partial charge >= 0.3 is 0 Å². The topological polar surface area (TPSA) is 19.7 Å². The van der Waals surface area contributed by atoms with Gasteiger partial charge in [0.15, 0.2) is 0 Å². The minimum atomic E-state index is -0.653. The van der Waals surface area contributed by atoms with Gasteiger partial charge in [0.2, 0.25) is 0 Å². The van der Waals surface area contributed by atoms with Crippen molar-refractivity contribution in [3.05, 3.63) is 355 Å². The molecule has 101 heavy (non-hydrogen) atoms. The molecule has 2 unspecified atom stereocenters. The second-order valence-electron chi connectivity index (χ2n) is 28.4. The summed E-state index contributed by atoms with van der Waals surface area (Å²) in [7, 11) is 0. The summed E-state index contributed by atoms with van der Waals surface area (Å²) in [6.45, 7) is 7.19. The monoisotopic (exact) mass is 1280 g/mol. The molecule has 4 aromatic heterocycles. The first-order valence-electron chi connectivity index (χ1n) is 35.4. The normalized spacial score (nSPS) is 15.3. The quantitative estimate of drug-likeness (QED) is 0.142. The highest BCUT2D eigenvalue weighted by molar-refractivity contribution is 6.30. The fourth-order valence-electron chi connectivity index (χ4n) is 18.9. The zero-order valence-corrected chi connectivity index (χ0v) is 56.0. The summed E-state index contributed by atoms with van der Waals surface area (Å²) in [5, 5.41) is 20.1. The predicted molar refractivity (Wildman–Crippen MR) is 428 cm³/mol. The molecule has 0 bridgehead atoms. The number of aromatic nitrogens is 4. The predicted octanol–water partition coefficient (Wildman–Crippen LogP) is 25.6. The Balaban J connectivity index is 0.736. The van der Waals surface area contributed by atoms with E-state index in [0.29, 0.717) is 0 Å². The molecular weight excluding hydrogens is 1220 g/mol. The molecule has 0 saturated heterocycles. The highest BCUT2D eigenvalue weighted by Gasteiger charge is 2.45. The summed E-state index contributed by atoms with van der Waals surface area (Å²) in [6.07, 6.45) is 5.17. The molecule has 4 heterocycles. The van der Waals surface area contributed by atoms with E-state index in [0.717, 1.165) is 17.1 Å². The fraction of sp³-hybridized carbons (Fsp3) is 0.0515. The molecule has 0 amide bonds. The van der Waals surface area contributed by atoms with Gasteiger partial charge in [-0.15, -0.1) is 0 Å². The first kappa shape index (κ1) is 56.3. The molecule has 16 aromatic carbocycles. The molecule has 4 nitrogen and oxygen atoms in total. The van der Waals surface area contributed by atoms with E-state index in [4.69, 9.17) is 0 Å². The molecule has 22 rings (SSSR count). The van der Waals surface area contributed by atoms with Crippen LogP contribution in [-0.4, -0.2) is 18.3 Å². The van der Waals surface area contributed by atoms with Crippen LogP contribution in [0.5, 0.6) is 0 Å². The number of allylic oxidation sites excluding steroid dienone is 4. The van der Waals surface area contributed by atoms with Crippen LogP contribution in [0.2, 0.25) is 0 Å². The Morgan fingerprint density at radius 2 is 0.822 bits per heavy atom. The van der Waals surface area contributed by atoms with E-state index in [2.05, 4.69) is 367 Å². The van der Waals surface area contributed by atoms with Gasteiger partial charge in [-0.2, -0.15) is 0 Å². The Kier molecular flexibility index (Phi) is 11.6. The average molecular weight is 1290 g/mol. The number of rotatable bonds is 7. The molecule has 0 saturated carbocycles. The van der Waals surface area contributed by atoms with E-state index in [1.807, 2.05) is 0 Å². The number of hydrogen-bond donors (Lipinski definition) is 0. The molecule has 0 N–H and O–H groups in total. The third kappa shape index (κ3) is 7.74. The number of benzene rings is 16. The molecule has 0 radical (unpaired) electrons. The largest absolute Gasteiger partial charge is 0.329 e. The van der Waals surface area contributed by atoms with Crippen molar-refractivity contribution in [1.82, 2.24) is 18.3 Å². The Bertz CT molecular complexity index is 7100. The molecule has 2 atom stereocenters. The lowest BCUT2D eigenvalue weighted by molar-refractivity contribution is 0.405. The molecular formula is C97H64N4. The zero-order valence-electron chi connectivity index (χ0n) is 56.0. The summed E-state index contributed by atoms with van der Waals surface area (Å²) in [6, 6.07) is 119. The minimum absolute atomic E-state index is 0.115. The van der Waals surface area contributed by atoms with Crippen LogP contribution < -0.4 is 0 Å². The van der Waals surface area contributed by atoms with Gasteiger partial charge in [0, 0.05) is 71.6 Å². The highest BCUT2D eigenvalue weighted by Crippen LogP contribution is 2.56. The summed E-state index contributed by atoms with van der Waals surface area (Å²) in [5.74, 6) is -0.115. The molecule has 20 aromatic rings. The highest BCUT2D eigenvalue weighted by atomic mass is 15.1. The molecule has 2 aliphatic rings. The van der Waals surface area contributed by atoms with Crippen molar-refractivity contribution in [2.45, 2.75) is 32.2 Å². The Hall–Kier alpha value is -12.8. The number of para-hydroxylation sites is 4. The van der Waals surface area contributed by atoms with Crippen LogP contribution >= 0.6 is 0 Å². The lowest BCUT2D eigenvalue weighted by Gasteiger charge is -2.44. The van der Waals surface area contributed by atoms with Crippen LogP contribution in [0.3, 0.4) is 0 Å². The third-order valence-electron chi connectivity index (χ3n) is 23.3. The Labute approximate surface area is 583 Å². The number of fused-ring (bicyclic) bond motifs is 21. The molecule has 0 spiro atoms. The van der Waals surface area contributed by atoms with Crippen LogP contribution in [-0.2, 0) is 5.54 Å². The van der Waals surface area contributed by atoms with Crippen molar-refractivity contribution in [2.24, 2.45) is 0 Å². The average Bonchev–Trinajstić information content (AvgIpc) is 1.55. The molecule has 0 aliphatic heterocycles. The zero-order chi connectivity index (χ0) is 66.5. The second-order valence-corrected chi connectivity index (χ2v) is 28.4. The Morgan fingerprint density at radius 3 is 1.57 bits per heavy atom. The van der Waals surface area contributed by atoms with Crippen LogP contribution in [0, 0.1) is 13.8 Å². The van der Waals surface area contributed by atoms with Gasteiger partial charge in [-0.25, -0.2) is 0 Å². The van der Waals surface area contributed by atoms with Crippen LogP contribution in [0.1, 0.15) is 40.7 Å². The van der Waals surface area contributed by atoms with Gasteiger partial charge in [-0.3, -0.25) is 0 Å². The van der Waals surface area contributed by atoms with E-state index in [1.54, 1.807) is 0 Å². The summed E-state index contributed by atoms with van der Waals surface area (Å²) in [5.41, 5.74) is 26.3. The van der Waals surface area contributed by atoms with Crippen molar-refractivity contribution in [2.75, 3.05) is 0 Å². The lowest BCUT2D eigenvalue weighted by atomic mass is 9.67. The Morgan fingerprint density at radius 1 is 0.297 bits per heavy atom. The standard InChI is InChI=1S/C97H64N4/c1-58-52-80(59(2)81-56-67(42-45-69(58)81)99-87-38-18-14-32-78(87)95-90(99)49-48-76-73-30-12-16-36-85(73)100(96(76)95)66-43-46-71-64(53-66)41-40-60-22-10-11-29-70(60)71)65-54-83(61-23-6-4-7-24-61)97(3,84(55-65)62-25-8-5-9-26-62)101-88-39-19-15-33-79(88)94-91(101)51-50-89-93(94)77-31-13-17-37-86(77)98(89)68-44-47-72-74-34-20-27-63-28-21-35-75(92(63)74)82(72)57-68/h4-57,83H,1-3H3. The van der Waals surface area contributed by atoms with Crippen molar-refractivity contribution in [3.8, 4) is 39.3 Å². The van der Waals surface area contributed by atoms with Crippen LogP contribution in [0.25, 0.3) is 181 Å². The molecule has 4 heteroatoms. The number of hydrogen-bond acceptors (Lipinski definition) is 0. The first-order chi connectivity index (χ1) is 49.8. The van der Waals surface area contributed by atoms with Crippen molar-refractivity contribution in [1.29, 1.82) is 0 Å². The van der Waals surface area contributed by atoms with Gasteiger partial charge in [-0.1, -0.05) is 243 Å². The van der Waals surface area contributed by atoms with E-state index >= 15 is 0 Å².